The van der Waals surface area contributed by atoms with Crippen molar-refractivity contribution in [2.75, 3.05) is 28.4 Å². The summed E-state index contributed by atoms with van der Waals surface area (Å²) in [6, 6.07) is 17.0. The number of rotatable bonds is 7. The number of hydrogen-bond acceptors (Lipinski definition) is 6. The zero-order valence-corrected chi connectivity index (χ0v) is 18.6. The summed E-state index contributed by atoms with van der Waals surface area (Å²) in [7, 11) is 6.15. The Morgan fingerprint density at radius 1 is 0.781 bits per heavy atom. The second-order valence-corrected chi connectivity index (χ2v) is 7.21. The molecule has 0 saturated heterocycles. The summed E-state index contributed by atoms with van der Waals surface area (Å²) in [5, 5.41) is 0.848. The summed E-state index contributed by atoms with van der Waals surface area (Å²) >= 11 is 0. The number of ketones is 1. The molecule has 4 rings (SSSR count). The molecule has 32 heavy (non-hydrogen) atoms. The summed E-state index contributed by atoms with van der Waals surface area (Å²) in [4.78, 5) is 13.4. The maximum Gasteiger partial charge on any atom is 0.228 e. The van der Waals surface area contributed by atoms with E-state index in [1.54, 1.807) is 19.2 Å². The third-order valence-corrected chi connectivity index (χ3v) is 5.48. The molecule has 0 fully saturated rings. The molecule has 0 N–H and O–H groups in total. The van der Waals surface area contributed by atoms with Crippen LogP contribution < -0.4 is 18.9 Å². The zero-order valence-electron chi connectivity index (χ0n) is 18.6. The number of hydrogen-bond donors (Lipinski definition) is 0. The van der Waals surface area contributed by atoms with Crippen molar-refractivity contribution in [3.63, 3.8) is 0 Å². The monoisotopic (exact) mass is 432 g/mol. The number of furan rings is 1. The fourth-order valence-electron chi connectivity index (χ4n) is 3.82. The lowest BCUT2D eigenvalue weighted by Gasteiger charge is -2.13. The quantitative estimate of drug-likeness (QED) is 0.350. The molecule has 1 aromatic heterocycles. The first-order valence-electron chi connectivity index (χ1n) is 10.0. The van der Waals surface area contributed by atoms with Gasteiger partial charge in [-0.05, 0) is 30.7 Å². The molecule has 0 bridgehead atoms. The van der Waals surface area contributed by atoms with E-state index < -0.39 is 0 Å². The summed E-state index contributed by atoms with van der Waals surface area (Å²) in [6.07, 6.45) is 0. The van der Waals surface area contributed by atoms with Crippen LogP contribution in [0.3, 0.4) is 0 Å². The number of ether oxygens (including phenoxy) is 4. The highest BCUT2D eigenvalue weighted by atomic mass is 16.5. The molecule has 0 aliphatic carbocycles. The van der Waals surface area contributed by atoms with Gasteiger partial charge in [-0.3, -0.25) is 4.79 Å². The predicted molar refractivity (Wildman–Crippen MR) is 122 cm³/mol. The highest BCUT2D eigenvalue weighted by molar-refractivity contribution is 6.11. The smallest absolute Gasteiger partial charge is 0.228 e. The van der Waals surface area contributed by atoms with Gasteiger partial charge >= 0.3 is 0 Å². The van der Waals surface area contributed by atoms with Crippen LogP contribution in [0.5, 0.6) is 23.0 Å². The van der Waals surface area contributed by atoms with E-state index in [1.807, 2.05) is 49.4 Å². The van der Waals surface area contributed by atoms with Gasteiger partial charge in [0.2, 0.25) is 11.5 Å². The van der Waals surface area contributed by atoms with Gasteiger partial charge in [-0.2, -0.15) is 0 Å². The fraction of sp³-hybridized carbons (Fsp3) is 0.192. The Morgan fingerprint density at radius 3 is 1.97 bits per heavy atom. The topological polar surface area (TPSA) is 67.1 Å². The summed E-state index contributed by atoms with van der Waals surface area (Å²) in [5.41, 5.74) is 3.64. The standard InChI is InChI=1S/C26H24O6/c1-15-18-13-19(16-9-7-6-8-10-16)20(28-2)14-21(18)32-25(15)24(27)17-11-22(29-3)26(31-5)23(12-17)30-4/h6-14H,1-5H3. The first kappa shape index (κ1) is 21.3. The van der Waals surface area contributed by atoms with Crippen LogP contribution in [0.15, 0.2) is 59.0 Å². The van der Waals surface area contributed by atoms with Gasteiger partial charge in [0.15, 0.2) is 17.3 Å². The van der Waals surface area contributed by atoms with Crippen LogP contribution in [0.2, 0.25) is 0 Å². The molecule has 0 amide bonds. The normalized spacial score (nSPS) is 10.8. The van der Waals surface area contributed by atoms with Gasteiger partial charge in [0.05, 0.1) is 28.4 Å². The SMILES string of the molecule is COc1cc2oc(C(=O)c3cc(OC)c(OC)c(OC)c3)c(C)c2cc1-c1ccccc1. The van der Waals surface area contributed by atoms with Gasteiger partial charge in [0.1, 0.15) is 11.3 Å². The van der Waals surface area contributed by atoms with Gasteiger partial charge in [-0.1, -0.05) is 30.3 Å². The summed E-state index contributed by atoms with van der Waals surface area (Å²) in [6.45, 7) is 1.87. The van der Waals surface area contributed by atoms with Crippen molar-refractivity contribution in [3.8, 4) is 34.1 Å². The van der Waals surface area contributed by atoms with Gasteiger partial charge in [0.25, 0.3) is 0 Å². The molecule has 6 heteroatoms. The third kappa shape index (κ3) is 3.54. The molecular weight excluding hydrogens is 408 g/mol. The van der Waals surface area contributed by atoms with E-state index in [-0.39, 0.29) is 11.5 Å². The van der Waals surface area contributed by atoms with Crippen LogP contribution in [-0.4, -0.2) is 34.2 Å². The molecule has 0 aliphatic rings. The molecule has 0 unspecified atom stereocenters. The molecule has 0 saturated carbocycles. The minimum atomic E-state index is -0.279. The Kier molecular flexibility index (Phi) is 5.77. The van der Waals surface area contributed by atoms with Crippen molar-refractivity contribution in [2.24, 2.45) is 0 Å². The van der Waals surface area contributed by atoms with Crippen molar-refractivity contribution in [3.05, 3.63) is 71.5 Å². The molecule has 3 aromatic carbocycles. The number of methoxy groups -OCH3 is 4. The Bertz CT molecular complexity index is 1260. The molecule has 1 heterocycles. The van der Waals surface area contributed by atoms with Crippen LogP contribution in [0.1, 0.15) is 21.7 Å². The Hall–Kier alpha value is -3.93. The molecule has 0 aliphatic heterocycles. The number of carbonyl (C=O) groups is 1. The summed E-state index contributed by atoms with van der Waals surface area (Å²) < 4.78 is 27.7. The maximum absolute atomic E-state index is 13.4. The van der Waals surface area contributed by atoms with E-state index in [4.69, 9.17) is 23.4 Å². The van der Waals surface area contributed by atoms with E-state index in [1.165, 1.54) is 21.3 Å². The largest absolute Gasteiger partial charge is 0.496 e. The number of benzene rings is 3. The lowest BCUT2D eigenvalue weighted by atomic mass is 9.99. The molecular formula is C26H24O6. The number of aryl methyl sites for hydroxylation is 1. The van der Waals surface area contributed by atoms with Crippen molar-refractivity contribution in [1.29, 1.82) is 0 Å². The minimum absolute atomic E-state index is 0.251. The van der Waals surface area contributed by atoms with Crippen molar-refractivity contribution >= 4 is 16.8 Å². The van der Waals surface area contributed by atoms with Crippen LogP contribution in [0.4, 0.5) is 0 Å². The van der Waals surface area contributed by atoms with E-state index in [9.17, 15) is 4.79 Å². The molecule has 0 atom stereocenters. The average Bonchev–Trinajstić information content (AvgIpc) is 3.17. The lowest BCUT2D eigenvalue weighted by Crippen LogP contribution is -2.04. The van der Waals surface area contributed by atoms with Crippen LogP contribution in [0.25, 0.3) is 22.1 Å². The second-order valence-electron chi connectivity index (χ2n) is 7.21. The molecule has 6 nitrogen and oxygen atoms in total. The van der Waals surface area contributed by atoms with Crippen molar-refractivity contribution in [2.45, 2.75) is 6.92 Å². The number of carbonyl (C=O) groups excluding carboxylic acids is 1. The predicted octanol–water partition coefficient (Wildman–Crippen LogP) is 5.67. The Balaban J connectivity index is 1.85. The highest BCUT2D eigenvalue weighted by Gasteiger charge is 2.24. The van der Waals surface area contributed by atoms with Gasteiger partial charge in [-0.15, -0.1) is 0 Å². The van der Waals surface area contributed by atoms with E-state index in [2.05, 4.69) is 0 Å². The van der Waals surface area contributed by atoms with Crippen LogP contribution in [0, 0.1) is 6.92 Å². The summed E-state index contributed by atoms with van der Waals surface area (Å²) in [5.74, 6) is 1.86. The average molecular weight is 432 g/mol. The minimum Gasteiger partial charge on any atom is -0.496 e. The van der Waals surface area contributed by atoms with Crippen molar-refractivity contribution in [1.82, 2.24) is 0 Å². The van der Waals surface area contributed by atoms with Gasteiger partial charge in [0, 0.05) is 28.1 Å². The van der Waals surface area contributed by atoms with Crippen LogP contribution in [-0.2, 0) is 0 Å². The third-order valence-electron chi connectivity index (χ3n) is 5.48. The van der Waals surface area contributed by atoms with E-state index >= 15 is 0 Å². The van der Waals surface area contributed by atoms with Gasteiger partial charge in [-0.25, -0.2) is 0 Å². The second kappa shape index (κ2) is 8.67. The Labute approximate surface area is 186 Å². The van der Waals surface area contributed by atoms with E-state index in [0.717, 1.165) is 22.1 Å². The fourth-order valence-corrected chi connectivity index (χ4v) is 3.82. The molecule has 0 spiro atoms. The van der Waals surface area contributed by atoms with Gasteiger partial charge < -0.3 is 23.4 Å². The Morgan fingerprint density at radius 2 is 1.41 bits per heavy atom. The first-order valence-corrected chi connectivity index (χ1v) is 10.0. The zero-order chi connectivity index (χ0) is 22.8. The molecule has 0 radical (unpaired) electrons. The highest BCUT2D eigenvalue weighted by Crippen LogP contribution is 2.41. The lowest BCUT2D eigenvalue weighted by molar-refractivity contribution is 0.101. The number of fused-ring (bicyclic) bond motifs is 1. The van der Waals surface area contributed by atoms with E-state index in [0.29, 0.717) is 34.1 Å². The first-order chi connectivity index (χ1) is 15.5. The van der Waals surface area contributed by atoms with Crippen LogP contribution >= 0.6 is 0 Å². The molecule has 164 valence electrons. The maximum atomic E-state index is 13.4. The molecule has 4 aromatic rings. The van der Waals surface area contributed by atoms with Crippen molar-refractivity contribution < 1.29 is 28.2 Å².